The summed E-state index contributed by atoms with van der Waals surface area (Å²) in [5.74, 6) is 4.07. The standard InChI is InChI=1S/C11H21N3OS/c1-8(2)6-16-7-9-13-10(15-14-9)11(3,4)12-5/h8,12H,6-7H2,1-5H3. The van der Waals surface area contributed by atoms with Gasteiger partial charge in [-0.2, -0.15) is 16.7 Å². The third-order valence-corrected chi connectivity index (χ3v) is 3.67. The zero-order chi connectivity index (χ0) is 12.2. The highest BCUT2D eigenvalue weighted by atomic mass is 32.2. The summed E-state index contributed by atoms with van der Waals surface area (Å²) in [4.78, 5) is 4.39. The number of nitrogens with zero attached hydrogens (tertiary/aromatic N) is 2. The molecule has 0 saturated heterocycles. The maximum Gasteiger partial charge on any atom is 0.246 e. The number of rotatable bonds is 6. The van der Waals surface area contributed by atoms with Crippen molar-refractivity contribution in [3.63, 3.8) is 0 Å². The maximum absolute atomic E-state index is 5.24. The van der Waals surface area contributed by atoms with Crippen molar-refractivity contribution in [1.82, 2.24) is 15.5 Å². The van der Waals surface area contributed by atoms with E-state index in [1.807, 2.05) is 32.7 Å². The van der Waals surface area contributed by atoms with E-state index in [1.165, 1.54) is 0 Å². The molecule has 1 N–H and O–H groups in total. The van der Waals surface area contributed by atoms with Crippen LogP contribution in [-0.4, -0.2) is 22.9 Å². The molecule has 1 aromatic rings. The molecule has 0 aromatic carbocycles. The molecule has 92 valence electrons. The lowest BCUT2D eigenvalue weighted by molar-refractivity contribution is 0.280. The second kappa shape index (κ2) is 5.68. The van der Waals surface area contributed by atoms with Crippen LogP contribution in [0.15, 0.2) is 4.52 Å². The van der Waals surface area contributed by atoms with Crippen LogP contribution in [0.2, 0.25) is 0 Å². The summed E-state index contributed by atoms with van der Waals surface area (Å²) < 4.78 is 5.24. The van der Waals surface area contributed by atoms with Gasteiger partial charge in [0, 0.05) is 0 Å². The third kappa shape index (κ3) is 3.79. The van der Waals surface area contributed by atoms with Gasteiger partial charge in [-0.15, -0.1) is 0 Å². The molecule has 16 heavy (non-hydrogen) atoms. The Bertz CT molecular complexity index is 323. The van der Waals surface area contributed by atoms with Gasteiger partial charge in [0.1, 0.15) is 0 Å². The van der Waals surface area contributed by atoms with Crippen LogP contribution in [0.5, 0.6) is 0 Å². The molecule has 0 bridgehead atoms. The maximum atomic E-state index is 5.24. The summed E-state index contributed by atoms with van der Waals surface area (Å²) in [6.07, 6.45) is 0. The van der Waals surface area contributed by atoms with Crippen molar-refractivity contribution in [3.05, 3.63) is 11.7 Å². The van der Waals surface area contributed by atoms with Crippen molar-refractivity contribution in [1.29, 1.82) is 0 Å². The number of aromatic nitrogens is 2. The quantitative estimate of drug-likeness (QED) is 0.831. The Kier molecular flexibility index (Phi) is 4.80. The van der Waals surface area contributed by atoms with Crippen molar-refractivity contribution < 1.29 is 4.52 Å². The van der Waals surface area contributed by atoms with Gasteiger partial charge in [0.05, 0.1) is 11.3 Å². The number of thioether (sulfide) groups is 1. The van der Waals surface area contributed by atoms with Gasteiger partial charge in [-0.05, 0) is 32.6 Å². The van der Waals surface area contributed by atoms with E-state index in [4.69, 9.17) is 4.52 Å². The lowest BCUT2D eigenvalue weighted by atomic mass is 10.1. The van der Waals surface area contributed by atoms with Crippen molar-refractivity contribution in [3.8, 4) is 0 Å². The monoisotopic (exact) mass is 243 g/mol. The Morgan fingerprint density at radius 2 is 2.12 bits per heavy atom. The Morgan fingerprint density at radius 1 is 1.44 bits per heavy atom. The average molecular weight is 243 g/mol. The van der Waals surface area contributed by atoms with Crippen LogP contribution >= 0.6 is 11.8 Å². The van der Waals surface area contributed by atoms with Crippen molar-refractivity contribution >= 4 is 11.8 Å². The van der Waals surface area contributed by atoms with Crippen molar-refractivity contribution in [2.45, 2.75) is 39.0 Å². The van der Waals surface area contributed by atoms with E-state index >= 15 is 0 Å². The fraction of sp³-hybridized carbons (Fsp3) is 0.818. The zero-order valence-electron chi connectivity index (χ0n) is 10.7. The number of nitrogens with one attached hydrogen (secondary N) is 1. The first-order valence-electron chi connectivity index (χ1n) is 5.55. The molecule has 0 radical (unpaired) electrons. The van der Waals surface area contributed by atoms with E-state index in [9.17, 15) is 0 Å². The van der Waals surface area contributed by atoms with Gasteiger partial charge in [0.25, 0.3) is 0 Å². The molecule has 0 aliphatic carbocycles. The Morgan fingerprint density at radius 3 is 2.69 bits per heavy atom. The number of hydrogen-bond donors (Lipinski definition) is 1. The molecule has 4 nitrogen and oxygen atoms in total. The second-order valence-electron chi connectivity index (χ2n) is 4.80. The van der Waals surface area contributed by atoms with Crippen molar-refractivity contribution in [2.75, 3.05) is 12.8 Å². The fourth-order valence-corrected chi connectivity index (χ4v) is 1.95. The molecule has 0 unspecified atom stereocenters. The molecule has 0 atom stereocenters. The smallest absolute Gasteiger partial charge is 0.246 e. The molecule has 0 fully saturated rings. The molecule has 0 aliphatic rings. The van der Waals surface area contributed by atoms with Crippen LogP contribution in [0.3, 0.4) is 0 Å². The first kappa shape index (κ1) is 13.5. The van der Waals surface area contributed by atoms with Crippen molar-refractivity contribution in [2.24, 2.45) is 5.92 Å². The van der Waals surface area contributed by atoms with E-state index < -0.39 is 0 Å². The van der Waals surface area contributed by atoms with E-state index in [2.05, 4.69) is 29.3 Å². The van der Waals surface area contributed by atoms with E-state index in [0.29, 0.717) is 11.8 Å². The van der Waals surface area contributed by atoms with Crippen LogP contribution in [0.4, 0.5) is 0 Å². The molecule has 0 saturated carbocycles. The highest BCUT2D eigenvalue weighted by molar-refractivity contribution is 7.98. The minimum absolute atomic E-state index is 0.256. The molecule has 1 aromatic heterocycles. The first-order chi connectivity index (χ1) is 7.45. The topological polar surface area (TPSA) is 51.0 Å². The molecular weight excluding hydrogens is 222 g/mol. The predicted octanol–water partition coefficient (Wildman–Crippen LogP) is 2.41. The highest BCUT2D eigenvalue weighted by Gasteiger charge is 2.25. The van der Waals surface area contributed by atoms with Gasteiger partial charge in [-0.25, -0.2) is 0 Å². The summed E-state index contributed by atoms with van der Waals surface area (Å²) in [7, 11) is 1.89. The average Bonchev–Trinajstić information content (AvgIpc) is 2.66. The lowest BCUT2D eigenvalue weighted by Crippen LogP contribution is -2.33. The van der Waals surface area contributed by atoms with Gasteiger partial charge in [0.15, 0.2) is 5.82 Å². The Labute approximate surface area is 102 Å². The van der Waals surface area contributed by atoms with E-state index in [1.54, 1.807) is 0 Å². The Balaban J connectivity index is 2.52. The molecular formula is C11H21N3OS. The first-order valence-corrected chi connectivity index (χ1v) is 6.71. The molecule has 1 heterocycles. The largest absolute Gasteiger partial charge is 0.337 e. The summed E-state index contributed by atoms with van der Waals surface area (Å²) in [6.45, 7) is 8.45. The second-order valence-corrected chi connectivity index (χ2v) is 5.83. The summed E-state index contributed by atoms with van der Waals surface area (Å²) in [6, 6.07) is 0. The van der Waals surface area contributed by atoms with E-state index in [0.717, 1.165) is 17.3 Å². The van der Waals surface area contributed by atoms with Crippen LogP contribution in [-0.2, 0) is 11.3 Å². The predicted molar refractivity (Wildman–Crippen MR) is 67.4 cm³/mol. The minimum Gasteiger partial charge on any atom is -0.337 e. The van der Waals surface area contributed by atoms with Gasteiger partial charge < -0.3 is 9.84 Å². The van der Waals surface area contributed by atoms with Gasteiger partial charge in [-0.1, -0.05) is 19.0 Å². The Hall–Kier alpha value is -0.550. The van der Waals surface area contributed by atoms with Gasteiger partial charge in [-0.3, -0.25) is 0 Å². The lowest BCUT2D eigenvalue weighted by Gasteiger charge is -2.17. The SMILES string of the molecule is CNC(C)(C)c1nc(CSCC(C)C)no1. The zero-order valence-corrected chi connectivity index (χ0v) is 11.5. The fourth-order valence-electron chi connectivity index (χ4n) is 1.06. The van der Waals surface area contributed by atoms with Crippen LogP contribution in [0, 0.1) is 5.92 Å². The molecule has 1 rings (SSSR count). The highest BCUT2D eigenvalue weighted by Crippen LogP contribution is 2.19. The van der Waals surface area contributed by atoms with Crippen LogP contribution in [0.25, 0.3) is 0 Å². The van der Waals surface area contributed by atoms with Crippen LogP contribution in [0.1, 0.15) is 39.4 Å². The van der Waals surface area contributed by atoms with Gasteiger partial charge >= 0.3 is 0 Å². The minimum atomic E-state index is -0.256. The molecule has 0 aliphatic heterocycles. The van der Waals surface area contributed by atoms with Crippen LogP contribution < -0.4 is 5.32 Å². The summed E-state index contributed by atoms with van der Waals surface area (Å²) in [5.41, 5.74) is -0.256. The normalized spacial score (nSPS) is 12.4. The van der Waals surface area contributed by atoms with Gasteiger partial charge in [0.2, 0.25) is 5.89 Å². The number of hydrogen-bond acceptors (Lipinski definition) is 5. The third-order valence-electron chi connectivity index (χ3n) is 2.31. The van der Waals surface area contributed by atoms with E-state index in [-0.39, 0.29) is 5.54 Å². The summed E-state index contributed by atoms with van der Waals surface area (Å²) >= 11 is 1.84. The molecule has 5 heteroatoms. The molecule has 0 spiro atoms. The summed E-state index contributed by atoms with van der Waals surface area (Å²) in [5, 5.41) is 7.12. The molecule has 0 amide bonds.